The minimum absolute atomic E-state index is 0. The van der Waals surface area contributed by atoms with Crippen molar-refractivity contribution in [2.75, 3.05) is 0 Å². The summed E-state index contributed by atoms with van der Waals surface area (Å²) in [7, 11) is -3.80. The third-order valence-electron chi connectivity index (χ3n) is 12.0. The zero-order chi connectivity index (χ0) is 41.5. The van der Waals surface area contributed by atoms with E-state index in [-0.39, 0.29) is 39.9 Å². The van der Waals surface area contributed by atoms with Gasteiger partial charge in [-0.25, -0.2) is 22.4 Å². The minimum atomic E-state index is -3.80. The molecule has 0 aliphatic heterocycles. The maximum absolute atomic E-state index is 13.8. The van der Waals surface area contributed by atoms with Crippen LogP contribution in [0.4, 0.5) is 0 Å². The smallest absolute Gasteiger partial charge is 0.870 e. The maximum Gasteiger partial charge on any atom is 1.00 e. The van der Waals surface area contributed by atoms with Gasteiger partial charge in [0, 0.05) is 77.9 Å². The Morgan fingerprint density at radius 1 is 0.438 bits per heavy atom. The number of aryl methyl sites for hydroxylation is 1. The van der Waals surface area contributed by atoms with E-state index in [4.69, 9.17) is 4.98 Å². The summed E-state index contributed by atoms with van der Waals surface area (Å²) in [5.41, 5.74) is 10.8. The van der Waals surface area contributed by atoms with Gasteiger partial charge in [0.15, 0.2) is 0 Å². The van der Waals surface area contributed by atoms with Crippen molar-refractivity contribution in [1.82, 2.24) is 28.1 Å². The molecule has 9 nitrogen and oxygen atoms in total. The number of nitrogens with one attached hydrogen (secondary N) is 1. The van der Waals surface area contributed by atoms with Gasteiger partial charge in [-0.15, -0.1) is 0 Å². The van der Waals surface area contributed by atoms with Crippen molar-refractivity contribution < 1.29 is 43.5 Å². The van der Waals surface area contributed by atoms with E-state index < -0.39 is 10.0 Å². The van der Waals surface area contributed by atoms with Gasteiger partial charge in [0.2, 0.25) is 0 Å². The molecule has 13 aromatic rings. The largest absolute Gasteiger partial charge is 1.00 e. The van der Waals surface area contributed by atoms with Gasteiger partial charge in [-0.3, -0.25) is 9.13 Å². The Kier molecular flexibility index (Phi) is 10.2. The standard InChI is InChI=1S/C30H21N3O2S.C23H15N3.Na.H2O/c1-20-12-15-22(16-13-20)36(34,35)33-28-11-5-3-8-24(28)26-19-21(14-17-29(26)33)32-27-10-4-2-7-23(27)25-9-6-18-31-30(25)32;1-3-9-20-16(6-1)19-14-15(11-12-21(19)25-20)26-22-10-4-2-7-17(22)18-8-5-13-24-23(18)26;;/h2-19H,1H3;1-14,25H;;1H2/q;;+1;/p-1. The summed E-state index contributed by atoms with van der Waals surface area (Å²) in [5, 5.41) is 8.87. The summed E-state index contributed by atoms with van der Waals surface area (Å²) in [5.74, 6) is 0. The van der Waals surface area contributed by atoms with E-state index in [0.717, 1.165) is 60.8 Å². The predicted molar refractivity (Wildman–Crippen MR) is 255 cm³/mol. The number of para-hydroxylation sites is 4. The molecule has 64 heavy (non-hydrogen) atoms. The Balaban J connectivity index is 0.000000154. The maximum atomic E-state index is 13.8. The quantitative estimate of drug-likeness (QED) is 0.177. The van der Waals surface area contributed by atoms with Gasteiger partial charge in [-0.05, 0) is 104 Å². The molecule has 13 rings (SSSR count). The molecule has 11 heteroatoms. The first kappa shape index (κ1) is 41.0. The van der Waals surface area contributed by atoms with Gasteiger partial charge >= 0.3 is 29.6 Å². The molecule has 0 bridgehead atoms. The molecule has 0 aliphatic carbocycles. The average molecular weight is 861 g/mol. The van der Waals surface area contributed by atoms with Gasteiger partial charge in [-0.2, -0.15) is 0 Å². The van der Waals surface area contributed by atoms with E-state index in [1.165, 1.54) is 36.6 Å². The Labute approximate surface area is 389 Å². The van der Waals surface area contributed by atoms with Crippen LogP contribution >= 0.6 is 0 Å². The van der Waals surface area contributed by atoms with E-state index in [2.05, 4.69) is 116 Å². The number of hydrogen-bond acceptors (Lipinski definition) is 5. The number of benzene rings is 7. The van der Waals surface area contributed by atoms with Crippen LogP contribution in [0.3, 0.4) is 0 Å². The van der Waals surface area contributed by atoms with Crippen LogP contribution in [-0.4, -0.2) is 42.0 Å². The van der Waals surface area contributed by atoms with Gasteiger partial charge in [-0.1, -0.05) is 90.5 Å². The number of fused-ring (bicyclic) bond motifs is 12. The van der Waals surface area contributed by atoms with Gasteiger partial charge < -0.3 is 10.5 Å². The summed E-state index contributed by atoms with van der Waals surface area (Å²) in [6.07, 6.45) is 3.66. The third kappa shape index (κ3) is 6.33. The topological polar surface area (TPSA) is 121 Å². The number of aromatic amines is 1. The van der Waals surface area contributed by atoms with Gasteiger partial charge in [0.25, 0.3) is 10.0 Å². The molecular weight excluding hydrogens is 824 g/mol. The van der Waals surface area contributed by atoms with Crippen LogP contribution < -0.4 is 29.6 Å². The molecule has 0 amide bonds. The summed E-state index contributed by atoms with van der Waals surface area (Å²) < 4.78 is 33.6. The second-order valence-corrected chi connectivity index (χ2v) is 17.4. The Morgan fingerprint density at radius 3 is 1.50 bits per heavy atom. The molecular formula is C53H37N6NaO3S. The monoisotopic (exact) mass is 860 g/mol. The fourth-order valence-corrected chi connectivity index (χ4v) is 10.8. The Bertz CT molecular complexity index is 3930. The van der Waals surface area contributed by atoms with E-state index in [1.54, 1.807) is 18.3 Å². The molecule has 7 aromatic carbocycles. The van der Waals surface area contributed by atoms with Crippen molar-refractivity contribution in [3.63, 3.8) is 0 Å². The Morgan fingerprint density at radius 2 is 0.891 bits per heavy atom. The van der Waals surface area contributed by atoms with Crippen molar-refractivity contribution in [2.24, 2.45) is 0 Å². The van der Waals surface area contributed by atoms with Gasteiger partial charge in [0.05, 0.1) is 27.0 Å². The van der Waals surface area contributed by atoms with Crippen LogP contribution in [-0.2, 0) is 10.0 Å². The van der Waals surface area contributed by atoms with Crippen molar-refractivity contribution in [3.05, 3.63) is 200 Å². The van der Waals surface area contributed by atoms with E-state index in [9.17, 15) is 8.42 Å². The van der Waals surface area contributed by atoms with Crippen LogP contribution in [0.25, 0.3) is 98.9 Å². The van der Waals surface area contributed by atoms with E-state index in [1.807, 2.05) is 85.9 Å². The number of rotatable bonds is 4. The SMILES string of the molecule is Cc1ccc(S(=O)(=O)n2c3ccccc3c3cc(-n4c5ccccc5c5cccnc54)ccc32)cc1.[Na+].[OH-].c1ccc2c(c1)[nH]c1ccc(-n3c4ccccc4c4cccnc43)cc12. The number of aromatic nitrogens is 6. The van der Waals surface area contributed by atoms with Crippen molar-refractivity contribution >= 4 is 97.5 Å². The predicted octanol–water partition coefficient (Wildman–Crippen LogP) is 9.47. The second-order valence-electron chi connectivity index (χ2n) is 15.7. The number of hydrogen-bond donors (Lipinski definition) is 1. The minimum Gasteiger partial charge on any atom is -0.870 e. The molecule has 0 aliphatic rings. The summed E-state index contributed by atoms with van der Waals surface area (Å²) in [6.45, 7) is 1.95. The molecule has 0 spiro atoms. The molecule has 0 atom stereocenters. The third-order valence-corrected chi connectivity index (χ3v) is 13.8. The van der Waals surface area contributed by atoms with Crippen molar-refractivity contribution in [2.45, 2.75) is 11.8 Å². The summed E-state index contributed by atoms with van der Waals surface area (Å²) in [6, 6.07) is 60.6. The van der Waals surface area contributed by atoms with Gasteiger partial charge in [0.1, 0.15) is 11.3 Å². The van der Waals surface area contributed by atoms with Crippen molar-refractivity contribution in [1.29, 1.82) is 0 Å². The summed E-state index contributed by atoms with van der Waals surface area (Å²) in [4.78, 5) is 13.1. The molecule has 0 radical (unpaired) electrons. The van der Waals surface area contributed by atoms with Crippen LogP contribution in [0.5, 0.6) is 0 Å². The van der Waals surface area contributed by atoms with Crippen LogP contribution in [0.1, 0.15) is 5.56 Å². The second kappa shape index (κ2) is 15.9. The van der Waals surface area contributed by atoms with E-state index in [0.29, 0.717) is 11.0 Å². The molecule has 0 fully saturated rings. The summed E-state index contributed by atoms with van der Waals surface area (Å²) >= 11 is 0. The molecule has 0 saturated heterocycles. The average Bonchev–Trinajstić information content (AvgIpc) is 4.06. The number of H-pyrrole nitrogens is 1. The van der Waals surface area contributed by atoms with Crippen LogP contribution in [0.15, 0.2) is 199 Å². The fraction of sp³-hybridized carbons (Fsp3) is 0.0189. The van der Waals surface area contributed by atoms with Crippen molar-refractivity contribution in [3.8, 4) is 11.4 Å². The van der Waals surface area contributed by atoms with E-state index >= 15 is 0 Å². The van der Waals surface area contributed by atoms with Crippen LogP contribution in [0.2, 0.25) is 0 Å². The zero-order valence-corrected chi connectivity index (χ0v) is 37.7. The molecule has 0 unspecified atom stereocenters. The molecule has 304 valence electrons. The fourth-order valence-electron chi connectivity index (χ4n) is 9.23. The molecule has 6 heterocycles. The number of pyridine rings is 2. The zero-order valence-electron chi connectivity index (χ0n) is 34.9. The number of nitrogens with zero attached hydrogens (tertiary/aromatic N) is 5. The normalized spacial score (nSPS) is 11.7. The first-order valence-corrected chi connectivity index (χ1v) is 21.9. The molecule has 0 saturated carbocycles. The van der Waals surface area contributed by atoms with Crippen LogP contribution in [0, 0.1) is 6.92 Å². The molecule has 2 N–H and O–H groups in total. The first-order valence-electron chi connectivity index (χ1n) is 20.5. The first-order chi connectivity index (χ1) is 30.4. The molecule has 6 aromatic heterocycles. The Hall–Kier alpha value is -7.05.